The van der Waals surface area contributed by atoms with Crippen LogP contribution in [0.3, 0.4) is 0 Å². The third kappa shape index (κ3) is 3.61. The van der Waals surface area contributed by atoms with Crippen LogP contribution in [0.5, 0.6) is 5.75 Å². The molecule has 154 valence electrons. The van der Waals surface area contributed by atoms with Gasteiger partial charge in [0.1, 0.15) is 18.4 Å². The quantitative estimate of drug-likeness (QED) is 0.636. The van der Waals surface area contributed by atoms with E-state index in [0.717, 1.165) is 27.9 Å². The highest BCUT2D eigenvalue weighted by molar-refractivity contribution is 5.95. The minimum absolute atomic E-state index is 0.120. The van der Waals surface area contributed by atoms with Crippen molar-refractivity contribution >= 4 is 22.9 Å². The maximum Gasteiger partial charge on any atom is 0.338 e. The van der Waals surface area contributed by atoms with E-state index in [9.17, 15) is 9.59 Å². The Hall–Kier alpha value is -3.74. The van der Waals surface area contributed by atoms with Crippen molar-refractivity contribution in [2.45, 2.75) is 19.6 Å². The molecule has 0 radical (unpaired) electrons. The highest BCUT2D eigenvalue weighted by Crippen LogP contribution is 2.31. The van der Waals surface area contributed by atoms with Crippen molar-refractivity contribution in [3.05, 3.63) is 77.1 Å². The van der Waals surface area contributed by atoms with E-state index >= 15 is 0 Å². The Morgan fingerprint density at radius 1 is 1.13 bits per heavy atom. The summed E-state index contributed by atoms with van der Waals surface area (Å²) in [5.41, 5.74) is 3.53. The van der Waals surface area contributed by atoms with Crippen molar-refractivity contribution in [3.63, 3.8) is 0 Å². The first kappa shape index (κ1) is 19.6. The smallest absolute Gasteiger partial charge is 0.338 e. The van der Waals surface area contributed by atoms with Gasteiger partial charge in [-0.1, -0.05) is 30.3 Å². The Labute approximate surface area is 174 Å². The summed E-state index contributed by atoms with van der Waals surface area (Å²) in [5.74, 6) is 0.254. The van der Waals surface area contributed by atoms with Crippen LogP contribution in [0.15, 0.2) is 65.9 Å². The molecular formula is C23H23N3O4. The molecule has 4 rings (SSSR count). The molecule has 7 heteroatoms. The number of para-hydroxylation sites is 1. The Bertz CT molecular complexity index is 1140. The van der Waals surface area contributed by atoms with Crippen LogP contribution in [0.4, 0.5) is 4.79 Å². The molecule has 1 atom stereocenters. The fraction of sp³-hybridized carbons (Fsp3) is 0.217. The average Bonchev–Trinajstić information content (AvgIpc) is 3.08. The number of carbonyl (C=O) groups is 2. The van der Waals surface area contributed by atoms with Crippen LogP contribution in [-0.2, 0) is 23.2 Å². The number of allylic oxidation sites excluding steroid dienone is 1. The first-order chi connectivity index (χ1) is 14.5. The number of benzene rings is 2. The van der Waals surface area contributed by atoms with Gasteiger partial charge in [0.15, 0.2) is 0 Å². The number of methoxy groups -OCH3 is 1. The van der Waals surface area contributed by atoms with E-state index in [1.807, 2.05) is 66.2 Å². The number of amides is 2. The third-order valence-electron chi connectivity index (χ3n) is 5.30. The SMILES string of the molecule is COc1ccc(COC(=O)C2=C(C)NC(=O)NC2c2cc3ccccc3n2C)cc1. The van der Waals surface area contributed by atoms with Crippen LogP contribution >= 0.6 is 0 Å². The van der Waals surface area contributed by atoms with Crippen LogP contribution in [0.25, 0.3) is 10.9 Å². The second kappa shape index (κ2) is 7.94. The van der Waals surface area contributed by atoms with Gasteiger partial charge in [0, 0.05) is 24.0 Å². The lowest BCUT2D eigenvalue weighted by atomic mass is 9.99. The lowest BCUT2D eigenvalue weighted by Crippen LogP contribution is -2.45. The predicted molar refractivity (Wildman–Crippen MR) is 113 cm³/mol. The molecule has 0 aliphatic carbocycles. The molecule has 1 aliphatic rings. The van der Waals surface area contributed by atoms with Crippen LogP contribution in [0, 0.1) is 0 Å². The summed E-state index contributed by atoms with van der Waals surface area (Å²) < 4.78 is 12.7. The molecule has 0 saturated heterocycles. The Kier molecular flexibility index (Phi) is 5.18. The van der Waals surface area contributed by atoms with Crippen LogP contribution in [-0.4, -0.2) is 23.7 Å². The van der Waals surface area contributed by atoms with Crippen molar-refractivity contribution in [2.75, 3.05) is 7.11 Å². The van der Waals surface area contributed by atoms with E-state index < -0.39 is 12.0 Å². The van der Waals surface area contributed by atoms with Gasteiger partial charge in [0.25, 0.3) is 0 Å². The number of nitrogens with zero attached hydrogens (tertiary/aromatic N) is 1. The highest BCUT2D eigenvalue weighted by Gasteiger charge is 2.34. The number of esters is 1. The van der Waals surface area contributed by atoms with Gasteiger partial charge in [-0.05, 0) is 42.1 Å². The van der Waals surface area contributed by atoms with Gasteiger partial charge in [-0.3, -0.25) is 0 Å². The monoisotopic (exact) mass is 405 g/mol. The number of fused-ring (bicyclic) bond motifs is 1. The molecule has 1 unspecified atom stereocenters. The van der Waals surface area contributed by atoms with Gasteiger partial charge in [-0.25, -0.2) is 9.59 Å². The third-order valence-corrected chi connectivity index (χ3v) is 5.30. The van der Waals surface area contributed by atoms with Crippen LogP contribution in [0.2, 0.25) is 0 Å². The van der Waals surface area contributed by atoms with Crippen molar-refractivity contribution in [2.24, 2.45) is 7.05 Å². The summed E-state index contributed by atoms with van der Waals surface area (Å²) in [4.78, 5) is 25.2. The van der Waals surface area contributed by atoms with Gasteiger partial charge in [0.05, 0.1) is 12.7 Å². The maximum atomic E-state index is 13.0. The number of aromatic nitrogens is 1. The molecule has 1 aromatic heterocycles. The second-order valence-corrected chi connectivity index (χ2v) is 7.18. The van der Waals surface area contributed by atoms with E-state index in [1.165, 1.54) is 0 Å². The van der Waals surface area contributed by atoms with E-state index in [2.05, 4.69) is 10.6 Å². The number of aryl methyl sites for hydroxylation is 1. The summed E-state index contributed by atoms with van der Waals surface area (Å²) >= 11 is 0. The Balaban J connectivity index is 1.62. The summed E-state index contributed by atoms with van der Waals surface area (Å²) in [5, 5.41) is 6.58. The average molecular weight is 405 g/mol. The minimum atomic E-state index is -0.612. The molecule has 7 nitrogen and oxygen atoms in total. The number of nitrogens with one attached hydrogen (secondary N) is 2. The summed E-state index contributed by atoms with van der Waals surface area (Å²) in [6, 6.07) is 16.2. The first-order valence-electron chi connectivity index (χ1n) is 9.60. The standard InChI is InChI=1S/C23H23N3O4/c1-14-20(22(27)30-13-15-8-10-17(29-3)11-9-15)21(25-23(28)24-14)19-12-16-6-4-5-7-18(16)26(19)2/h4-12,21H,13H2,1-3H3,(H2,24,25,28). The molecule has 30 heavy (non-hydrogen) atoms. The Morgan fingerprint density at radius 3 is 2.57 bits per heavy atom. The molecule has 1 aliphatic heterocycles. The molecule has 2 aromatic carbocycles. The molecular weight excluding hydrogens is 382 g/mol. The number of hydrogen-bond acceptors (Lipinski definition) is 4. The number of carbonyl (C=O) groups excluding carboxylic acids is 2. The predicted octanol–water partition coefficient (Wildman–Crippen LogP) is 3.56. The number of rotatable bonds is 5. The second-order valence-electron chi connectivity index (χ2n) is 7.18. The molecule has 2 heterocycles. The van der Waals surface area contributed by atoms with Crippen molar-refractivity contribution in [1.29, 1.82) is 0 Å². The van der Waals surface area contributed by atoms with Crippen LogP contribution in [0.1, 0.15) is 24.2 Å². The number of urea groups is 1. The highest BCUT2D eigenvalue weighted by atomic mass is 16.5. The molecule has 0 saturated carbocycles. The zero-order chi connectivity index (χ0) is 21.3. The van der Waals surface area contributed by atoms with E-state index in [0.29, 0.717) is 11.3 Å². The fourth-order valence-electron chi connectivity index (χ4n) is 3.72. The number of hydrogen-bond donors (Lipinski definition) is 2. The number of ether oxygens (including phenoxy) is 2. The largest absolute Gasteiger partial charge is 0.497 e. The van der Waals surface area contributed by atoms with Gasteiger partial charge in [-0.15, -0.1) is 0 Å². The van der Waals surface area contributed by atoms with Crippen molar-refractivity contribution < 1.29 is 19.1 Å². The minimum Gasteiger partial charge on any atom is -0.497 e. The van der Waals surface area contributed by atoms with Crippen molar-refractivity contribution in [1.82, 2.24) is 15.2 Å². The zero-order valence-corrected chi connectivity index (χ0v) is 17.1. The molecule has 2 N–H and O–H groups in total. The Morgan fingerprint density at radius 2 is 1.87 bits per heavy atom. The first-order valence-corrected chi connectivity index (χ1v) is 9.60. The molecule has 0 spiro atoms. The summed E-state index contributed by atoms with van der Waals surface area (Å²) in [7, 11) is 3.52. The molecule has 0 fully saturated rings. The van der Waals surface area contributed by atoms with Crippen LogP contribution < -0.4 is 15.4 Å². The molecule has 0 bridgehead atoms. The summed E-state index contributed by atoms with van der Waals surface area (Å²) in [6.45, 7) is 1.83. The molecule has 3 aromatic rings. The van der Waals surface area contributed by atoms with E-state index in [1.54, 1.807) is 14.0 Å². The van der Waals surface area contributed by atoms with Gasteiger partial charge < -0.3 is 24.7 Å². The fourth-order valence-corrected chi connectivity index (χ4v) is 3.72. The maximum absolute atomic E-state index is 13.0. The normalized spacial score (nSPS) is 16.2. The summed E-state index contributed by atoms with van der Waals surface area (Å²) in [6.07, 6.45) is 0. The lowest BCUT2D eigenvalue weighted by molar-refractivity contribution is -0.140. The zero-order valence-electron chi connectivity index (χ0n) is 17.1. The van der Waals surface area contributed by atoms with Gasteiger partial charge >= 0.3 is 12.0 Å². The lowest BCUT2D eigenvalue weighted by Gasteiger charge is -2.28. The van der Waals surface area contributed by atoms with Gasteiger partial charge in [-0.2, -0.15) is 0 Å². The van der Waals surface area contributed by atoms with Crippen molar-refractivity contribution in [3.8, 4) is 5.75 Å². The van der Waals surface area contributed by atoms with E-state index in [4.69, 9.17) is 9.47 Å². The molecule has 2 amide bonds. The van der Waals surface area contributed by atoms with Gasteiger partial charge in [0.2, 0.25) is 0 Å². The van der Waals surface area contributed by atoms with E-state index in [-0.39, 0.29) is 12.6 Å². The topological polar surface area (TPSA) is 81.6 Å².